The molecule has 0 radical (unpaired) electrons. The van der Waals surface area contributed by atoms with Crippen LogP contribution in [0.2, 0.25) is 0 Å². The molecule has 82 valence electrons. The highest BCUT2D eigenvalue weighted by Gasteiger charge is 2.21. The second-order valence-corrected chi connectivity index (χ2v) is 4.34. The molecule has 1 aliphatic heterocycles. The lowest BCUT2D eigenvalue weighted by molar-refractivity contribution is -0.123. The van der Waals surface area contributed by atoms with Crippen LogP contribution in [0.3, 0.4) is 0 Å². The fourth-order valence-electron chi connectivity index (χ4n) is 0.972. The van der Waals surface area contributed by atoms with Crippen molar-refractivity contribution in [1.29, 1.82) is 0 Å². The van der Waals surface area contributed by atoms with Crippen LogP contribution in [0.5, 0.6) is 0 Å². The van der Waals surface area contributed by atoms with Crippen LogP contribution in [0, 0.1) is 0 Å². The van der Waals surface area contributed by atoms with Gasteiger partial charge in [-0.15, -0.1) is 0 Å². The first kappa shape index (κ1) is 12.2. The van der Waals surface area contributed by atoms with E-state index < -0.39 is 6.04 Å². The first-order valence-electron chi connectivity index (χ1n) is 4.56. The molecule has 0 aliphatic carbocycles. The van der Waals surface area contributed by atoms with Crippen molar-refractivity contribution in [2.45, 2.75) is 19.4 Å². The van der Waals surface area contributed by atoms with Crippen molar-refractivity contribution < 1.29 is 9.59 Å². The van der Waals surface area contributed by atoms with E-state index in [1.54, 1.807) is 11.5 Å². The zero-order valence-corrected chi connectivity index (χ0v) is 9.91. The van der Waals surface area contributed by atoms with Gasteiger partial charge < -0.3 is 10.6 Å². The van der Waals surface area contributed by atoms with Gasteiger partial charge in [-0.2, -0.15) is 0 Å². The summed E-state index contributed by atoms with van der Waals surface area (Å²) in [5, 5.41) is 7.01. The first-order chi connectivity index (χ1) is 7.13. The minimum Gasteiger partial charge on any atom is -0.371 e. The topological polar surface area (TPSA) is 58.2 Å². The fourth-order valence-corrected chi connectivity index (χ4v) is 1.70. The van der Waals surface area contributed by atoms with E-state index in [9.17, 15) is 9.59 Å². The molecular formula is C9H12N2O2S2. The summed E-state index contributed by atoms with van der Waals surface area (Å²) >= 11 is 6.00. The van der Waals surface area contributed by atoms with Crippen LogP contribution in [0.4, 0.5) is 0 Å². The van der Waals surface area contributed by atoms with Gasteiger partial charge in [0.25, 0.3) is 0 Å². The maximum Gasteiger partial charge on any atom is 0.240 e. The molecule has 0 aromatic heterocycles. The standard InChI is InChI=1S/C9H12N2O2S2/c1-2-8(14)10-5-7(12)11-6-3-4-15-9(6)13/h3-4,6H,2,5H2,1H3,(H,10,14)(H,11,12). The smallest absolute Gasteiger partial charge is 0.240 e. The van der Waals surface area contributed by atoms with Crippen molar-refractivity contribution >= 4 is 40.0 Å². The Bertz CT molecular complexity index is 315. The number of hydrogen-bond donors (Lipinski definition) is 2. The van der Waals surface area contributed by atoms with E-state index in [1.165, 1.54) is 0 Å². The lowest BCUT2D eigenvalue weighted by Crippen LogP contribution is -2.42. The Morgan fingerprint density at radius 3 is 2.93 bits per heavy atom. The Morgan fingerprint density at radius 2 is 2.40 bits per heavy atom. The predicted molar refractivity (Wildman–Crippen MR) is 64.6 cm³/mol. The Balaban J connectivity index is 2.27. The summed E-state index contributed by atoms with van der Waals surface area (Å²) < 4.78 is 0. The molecule has 0 fully saturated rings. The Kier molecular flexibility index (Phi) is 4.77. The molecule has 0 saturated carbocycles. The van der Waals surface area contributed by atoms with Gasteiger partial charge >= 0.3 is 0 Å². The van der Waals surface area contributed by atoms with E-state index >= 15 is 0 Å². The first-order valence-corrected chi connectivity index (χ1v) is 5.85. The SMILES string of the molecule is CCC(=S)NCC(=O)NC1C=CSC1=O. The number of carbonyl (C=O) groups is 2. The third-order valence-corrected chi connectivity index (χ3v) is 3.01. The molecule has 15 heavy (non-hydrogen) atoms. The average molecular weight is 244 g/mol. The molecule has 0 bridgehead atoms. The number of thioether (sulfide) groups is 1. The number of nitrogens with one attached hydrogen (secondary N) is 2. The second-order valence-electron chi connectivity index (χ2n) is 2.94. The van der Waals surface area contributed by atoms with Crippen LogP contribution in [0.15, 0.2) is 11.5 Å². The molecule has 1 aliphatic rings. The van der Waals surface area contributed by atoms with Gasteiger partial charge in [-0.3, -0.25) is 9.59 Å². The summed E-state index contributed by atoms with van der Waals surface area (Å²) in [5.41, 5.74) is 0. The summed E-state index contributed by atoms with van der Waals surface area (Å²) in [4.78, 5) is 23.1. The van der Waals surface area contributed by atoms with Crippen molar-refractivity contribution in [3.63, 3.8) is 0 Å². The van der Waals surface area contributed by atoms with Gasteiger partial charge in [0, 0.05) is 0 Å². The Hall–Kier alpha value is -0.880. The van der Waals surface area contributed by atoms with E-state index in [0.29, 0.717) is 11.4 Å². The highest BCUT2D eigenvalue weighted by atomic mass is 32.2. The van der Waals surface area contributed by atoms with Gasteiger partial charge in [-0.25, -0.2) is 0 Å². The molecule has 4 nitrogen and oxygen atoms in total. The molecule has 1 rings (SSSR count). The minimum atomic E-state index is -0.487. The molecule has 0 spiro atoms. The van der Waals surface area contributed by atoms with Gasteiger partial charge in [0.15, 0.2) is 0 Å². The van der Waals surface area contributed by atoms with E-state index in [0.717, 1.165) is 11.8 Å². The summed E-state index contributed by atoms with van der Waals surface area (Å²) in [7, 11) is 0. The van der Waals surface area contributed by atoms with Crippen LogP contribution in [0.25, 0.3) is 0 Å². The zero-order valence-electron chi connectivity index (χ0n) is 8.28. The molecule has 6 heteroatoms. The normalized spacial score (nSPS) is 19.0. The molecule has 1 amide bonds. The monoisotopic (exact) mass is 244 g/mol. The van der Waals surface area contributed by atoms with Crippen LogP contribution in [-0.4, -0.2) is 28.6 Å². The quantitative estimate of drug-likeness (QED) is 0.709. The maximum absolute atomic E-state index is 11.3. The molecule has 0 aromatic rings. The number of thiocarbonyl (C=S) groups is 1. The lowest BCUT2D eigenvalue weighted by atomic mass is 10.3. The molecule has 1 heterocycles. The van der Waals surface area contributed by atoms with Gasteiger partial charge in [-0.05, 0) is 17.9 Å². The summed E-state index contributed by atoms with van der Waals surface area (Å²) in [6, 6.07) is -0.487. The number of rotatable bonds is 4. The van der Waals surface area contributed by atoms with E-state index in [4.69, 9.17) is 12.2 Å². The number of amides is 1. The van der Waals surface area contributed by atoms with E-state index in [1.807, 2.05) is 6.92 Å². The number of hydrogen-bond acceptors (Lipinski definition) is 4. The highest BCUT2D eigenvalue weighted by molar-refractivity contribution is 8.16. The third kappa shape index (κ3) is 4.01. The van der Waals surface area contributed by atoms with Crippen molar-refractivity contribution in [2.75, 3.05) is 6.54 Å². The Morgan fingerprint density at radius 1 is 1.67 bits per heavy atom. The van der Waals surface area contributed by atoms with E-state index in [-0.39, 0.29) is 17.6 Å². The predicted octanol–water partition coefficient (Wildman–Crippen LogP) is 0.585. The largest absolute Gasteiger partial charge is 0.371 e. The van der Waals surface area contributed by atoms with E-state index in [2.05, 4.69) is 10.6 Å². The minimum absolute atomic E-state index is 0.0542. The summed E-state index contributed by atoms with van der Waals surface area (Å²) in [6.07, 6.45) is 2.38. The molecular weight excluding hydrogens is 232 g/mol. The van der Waals surface area contributed by atoms with Crippen molar-refractivity contribution in [3.8, 4) is 0 Å². The van der Waals surface area contributed by atoms with Gasteiger partial charge in [0.2, 0.25) is 11.0 Å². The van der Waals surface area contributed by atoms with Crippen LogP contribution in [-0.2, 0) is 9.59 Å². The molecule has 1 unspecified atom stereocenters. The van der Waals surface area contributed by atoms with Crippen molar-refractivity contribution in [1.82, 2.24) is 10.6 Å². The number of carbonyl (C=O) groups excluding carboxylic acids is 2. The van der Waals surface area contributed by atoms with Crippen LogP contribution < -0.4 is 10.6 Å². The summed E-state index contributed by atoms with van der Waals surface area (Å²) in [5.74, 6) is -0.226. The van der Waals surface area contributed by atoms with Crippen LogP contribution in [0.1, 0.15) is 13.3 Å². The van der Waals surface area contributed by atoms with Gasteiger partial charge in [0.05, 0.1) is 11.5 Å². The van der Waals surface area contributed by atoms with Gasteiger partial charge in [-0.1, -0.05) is 30.9 Å². The van der Waals surface area contributed by atoms with Gasteiger partial charge in [0.1, 0.15) is 6.04 Å². The highest BCUT2D eigenvalue weighted by Crippen LogP contribution is 2.16. The molecule has 0 aromatic carbocycles. The zero-order chi connectivity index (χ0) is 11.3. The van der Waals surface area contributed by atoms with Crippen molar-refractivity contribution in [3.05, 3.63) is 11.5 Å². The molecule has 2 N–H and O–H groups in total. The van der Waals surface area contributed by atoms with Crippen molar-refractivity contribution in [2.24, 2.45) is 0 Å². The fraction of sp³-hybridized carbons (Fsp3) is 0.444. The summed E-state index contributed by atoms with van der Waals surface area (Å²) in [6.45, 7) is 2.03. The Labute approximate surface area is 97.9 Å². The van der Waals surface area contributed by atoms with Crippen LogP contribution >= 0.6 is 24.0 Å². The second kappa shape index (κ2) is 5.87. The third-order valence-electron chi connectivity index (χ3n) is 1.79. The lowest BCUT2D eigenvalue weighted by Gasteiger charge is -2.10. The molecule has 0 saturated heterocycles. The average Bonchev–Trinajstić information content (AvgIpc) is 2.61. The molecule has 1 atom stereocenters. The maximum atomic E-state index is 11.3.